The van der Waals surface area contributed by atoms with Crippen LogP contribution in [0.4, 0.5) is 0 Å². The number of carboxylic acids is 1. The van der Waals surface area contributed by atoms with Gasteiger partial charge in [0.1, 0.15) is 0 Å². The van der Waals surface area contributed by atoms with E-state index in [1.54, 1.807) is 12.1 Å². The number of benzene rings is 1. The summed E-state index contributed by atoms with van der Waals surface area (Å²) >= 11 is 0. The van der Waals surface area contributed by atoms with Gasteiger partial charge in [-0.3, -0.25) is 4.79 Å². The highest BCUT2D eigenvalue weighted by atomic mass is 16.4. The third-order valence-electron chi connectivity index (χ3n) is 2.83. The van der Waals surface area contributed by atoms with Gasteiger partial charge in [0.25, 0.3) is 0 Å². The summed E-state index contributed by atoms with van der Waals surface area (Å²) in [6, 6.07) is 9.64. The highest BCUT2D eigenvalue weighted by Gasteiger charge is 2.44. The van der Waals surface area contributed by atoms with Gasteiger partial charge in [0.15, 0.2) is 0 Å². The van der Waals surface area contributed by atoms with Crippen LogP contribution < -0.4 is 0 Å². The third kappa shape index (κ3) is 1.84. The maximum absolute atomic E-state index is 10.5. The highest BCUT2D eigenvalue weighted by molar-refractivity contribution is 5.70. The van der Waals surface area contributed by atoms with E-state index in [2.05, 4.69) is 6.07 Å². The lowest BCUT2D eigenvalue weighted by Gasteiger charge is -2.06. The van der Waals surface area contributed by atoms with Crippen molar-refractivity contribution in [1.29, 1.82) is 5.26 Å². The maximum atomic E-state index is 10.5. The predicted octanol–water partition coefficient (Wildman–Crippen LogP) is 1.87. The summed E-state index contributed by atoms with van der Waals surface area (Å²) in [6.07, 6.45) is 1.88. The van der Waals surface area contributed by atoms with Crippen LogP contribution in [0.5, 0.6) is 0 Å². The number of rotatable bonds is 3. The molecular weight excluding hydrogens is 190 g/mol. The smallest absolute Gasteiger partial charge is 0.307 e. The molecule has 3 nitrogen and oxygen atoms in total. The van der Waals surface area contributed by atoms with E-state index in [1.165, 1.54) is 0 Å². The van der Waals surface area contributed by atoms with Gasteiger partial charge < -0.3 is 5.11 Å². The summed E-state index contributed by atoms with van der Waals surface area (Å²) in [6.45, 7) is 0. The minimum Gasteiger partial charge on any atom is -0.481 e. The number of nitriles is 1. The number of carbonyl (C=O) groups is 1. The van der Waals surface area contributed by atoms with Crippen LogP contribution in [0, 0.1) is 11.3 Å². The van der Waals surface area contributed by atoms with E-state index in [1.807, 2.05) is 12.1 Å². The molecule has 0 aliphatic heterocycles. The van der Waals surface area contributed by atoms with Gasteiger partial charge in [-0.2, -0.15) is 5.26 Å². The lowest BCUT2D eigenvalue weighted by atomic mass is 9.96. The lowest BCUT2D eigenvalue weighted by Crippen LogP contribution is -2.04. The van der Waals surface area contributed by atoms with Gasteiger partial charge in [-0.15, -0.1) is 0 Å². The summed E-state index contributed by atoms with van der Waals surface area (Å²) in [5, 5.41) is 17.6. The second-order valence-corrected chi connectivity index (χ2v) is 3.96. The van der Waals surface area contributed by atoms with Crippen LogP contribution in [0.25, 0.3) is 0 Å². The topological polar surface area (TPSA) is 61.1 Å². The fourth-order valence-corrected chi connectivity index (χ4v) is 1.71. The molecule has 76 valence electrons. The van der Waals surface area contributed by atoms with Crippen LogP contribution in [0.1, 0.15) is 24.0 Å². The second-order valence-electron chi connectivity index (χ2n) is 3.96. The molecule has 0 atom stereocenters. The molecule has 0 radical (unpaired) electrons. The van der Waals surface area contributed by atoms with Gasteiger partial charge in [-0.25, -0.2) is 0 Å². The first-order valence-corrected chi connectivity index (χ1v) is 4.89. The van der Waals surface area contributed by atoms with E-state index in [0.29, 0.717) is 0 Å². The Labute approximate surface area is 88.0 Å². The van der Waals surface area contributed by atoms with Crippen molar-refractivity contribution in [3.63, 3.8) is 0 Å². The van der Waals surface area contributed by atoms with Gasteiger partial charge >= 0.3 is 5.97 Å². The zero-order valence-electron chi connectivity index (χ0n) is 8.23. The quantitative estimate of drug-likeness (QED) is 0.812. The first-order chi connectivity index (χ1) is 7.16. The molecule has 15 heavy (non-hydrogen) atoms. The predicted molar refractivity (Wildman–Crippen MR) is 54.3 cm³/mol. The third-order valence-corrected chi connectivity index (χ3v) is 2.83. The van der Waals surface area contributed by atoms with Crippen LogP contribution >= 0.6 is 0 Å². The van der Waals surface area contributed by atoms with Crippen molar-refractivity contribution in [2.75, 3.05) is 0 Å². The SMILES string of the molecule is N#CC1(c2ccc(CC(=O)O)cc2)CC1. The molecule has 0 spiro atoms. The standard InChI is InChI=1S/C12H11NO2/c13-8-12(5-6-12)10-3-1-9(2-4-10)7-11(14)15/h1-4H,5-7H2,(H,14,15). The summed E-state index contributed by atoms with van der Waals surface area (Å²) < 4.78 is 0. The van der Waals surface area contributed by atoms with Crippen LogP contribution in [-0.2, 0) is 16.6 Å². The molecule has 0 aromatic heterocycles. The van der Waals surface area contributed by atoms with E-state index in [-0.39, 0.29) is 11.8 Å². The molecule has 1 N–H and O–H groups in total. The molecule has 0 heterocycles. The number of nitrogens with zero attached hydrogens (tertiary/aromatic N) is 1. The monoisotopic (exact) mass is 201 g/mol. The van der Waals surface area contributed by atoms with Crippen LogP contribution in [0.3, 0.4) is 0 Å². The molecule has 1 fully saturated rings. The lowest BCUT2D eigenvalue weighted by molar-refractivity contribution is -0.136. The summed E-state index contributed by atoms with van der Waals surface area (Å²) in [5.41, 5.74) is 1.51. The molecule has 0 amide bonds. The van der Waals surface area contributed by atoms with Crippen LogP contribution in [0.15, 0.2) is 24.3 Å². The molecule has 1 aromatic carbocycles. The van der Waals surface area contributed by atoms with E-state index in [4.69, 9.17) is 10.4 Å². The molecular formula is C12H11NO2. The second kappa shape index (κ2) is 3.39. The molecule has 2 rings (SSSR count). The van der Waals surface area contributed by atoms with Crippen LogP contribution in [0.2, 0.25) is 0 Å². The largest absolute Gasteiger partial charge is 0.481 e. The van der Waals surface area contributed by atoms with Gasteiger partial charge in [0.2, 0.25) is 0 Å². The highest BCUT2D eigenvalue weighted by Crippen LogP contribution is 2.47. The van der Waals surface area contributed by atoms with E-state index in [9.17, 15) is 4.79 Å². The Bertz CT molecular complexity index is 424. The molecule has 0 unspecified atom stereocenters. The zero-order chi connectivity index (χ0) is 10.9. The Morgan fingerprint density at radius 1 is 1.40 bits per heavy atom. The summed E-state index contributed by atoms with van der Waals surface area (Å²) in [4.78, 5) is 10.5. The molecule has 1 aliphatic rings. The van der Waals surface area contributed by atoms with Crippen LogP contribution in [-0.4, -0.2) is 11.1 Å². The fraction of sp³-hybridized carbons (Fsp3) is 0.333. The van der Waals surface area contributed by atoms with Crippen molar-refractivity contribution in [2.45, 2.75) is 24.7 Å². The van der Waals surface area contributed by atoms with E-state index < -0.39 is 5.97 Å². The molecule has 1 saturated carbocycles. The normalized spacial score (nSPS) is 16.7. The number of hydrogen-bond donors (Lipinski definition) is 1. The number of aliphatic carboxylic acids is 1. The average molecular weight is 201 g/mol. The summed E-state index contributed by atoms with van der Waals surface area (Å²) in [5.74, 6) is -0.829. The fourth-order valence-electron chi connectivity index (χ4n) is 1.71. The summed E-state index contributed by atoms with van der Waals surface area (Å²) in [7, 11) is 0. The minimum absolute atomic E-state index is 0.0415. The van der Waals surface area contributed by atoms with Crippen molar-refractivity contribution in [3.05, 3.63) is 35.4 Å². The first kappa shape index (κ1) is 9.72. The Morgan fingerprint density at radius 2 is 2.00 bits per heavy atom. The first-order valence-electron chi connectivity index (χ1n) is 4.89. The van der Waals surface area contributed by atoms with Gasteiger partial charge in [0.05, 0.1) is 17.9 Å². The maximum Gasteiger partial charge on any atom is 0.307 e. The number of hydrogen-bond acceptors (Lipinski definition) is 2. The Balaban J connectivity index is 2.18. The van der Waals surface area contributed by atoms with E-state index in [0.717, 1.165) is 24.0 Å². The van der Waals surface area contributed by atoms with Crippen molar-refractivity contribution < 1.29 is 9.90 Å². The van der Waals surface area contributed by atoms with Gasteiger partial charge in [0, 0.05) is 0 Å². The molecule has 3 heteroatoms. The minimum atomic E-state index is -0.829. The van der Waals surface area contributed by atoms with Gasteiger partial charge in [-0.1, -0.05) is 24.3 Å². The Hall–Kier alpha value is -1.82. The zero-order valence-corrected chi connectivity index (χ0v) is 8.23. The molecule has 0 saturated heterocycles. The van der Waals surface area contributed by atoms with Gasteiger partial charge in [-0.05, 0) is 24.0 Å². The van der Waals surface area contributed by atoms with Crippen molar-refractivity contribution in [3.8, 4) is 6.07 Å². The Kier molecular flexibility index (Phi) is 2.20. The molecule has 0 bridgehead atoms. The van der Waals surface area contributed by atoms with Crippen molar-refractivity contribution in [1.82, 2.24) is 0 Å². The van der Waals surface area contributed by atoms with Crippen molar-refractivity contribution >= 4 is 5.97 Å². The van der Waals surface area contributed by atoms with E-state index >= 15 is 0 Å². The number of carboxylic acid groups (broad SMARTS) is 1. The molecule has 1 aliphatic carbocycles. The Morgan fingerprint density at radius 3 is 2.40 bits per heavy atom. The van der Waals surface area contributed by atoms with Crippen molar-refractivity contribution in [2.24, 2.45) is 0 Å². The average Bonchev–Trinajstić information content (AvgIpc) is 2.99. The molecule has 1 aromatic rings.